The number of nitrogens with two attached hydrogens (primary N) is 1. The molecule has 1 aliphatic rings. The van der Waals surface area contributed by atoms with Gasteiger partial charge in [0.2, 0.25) is 5.91 Å². The summed E-state index contributed by atoms with van der Waals surface area (Å²) in [5.74, 6) is -0.324. The highest BCUT2D eigenvalue weighted by Crippen LogP contribution is 2.24. The molecule has 1 aromatic rings. The van der Waals surface area contributed by atoms with Crippen molar-refractivity contribution in [2.75, 3.05) is 0 Å². The van der Waals surface area contributed by atoms with Crippen LogP contribution in [0.25, 0.3) is 0 Å². The van der Waals surface area contributed by atoms with Gasteiger partial charge in [-0.05, 0) is 23.6 Å². The second kappa shape index (κ2) is 3.59. The van der Waals surface area contributed by atoms with Crippen LogP contribution in [0.5, 0.6) is 0 Å². The van der Waals surface area contributed by atoms with E-state index in [0.717, 1.165) is 16.1 Å². The quantitative estimate of drug-likeness (QED) is 0.722. The summed E-state index contributed by atoms with van der Waals surface area (Å²) in [5.41, 5.74) is 7.42. The van der Waals surface area contributed by atoms with Crippen molar-refractivity contribution >= 4 is 17.5 Å². The summed E-state index contributed by atoms with van der Waals surface area (Å²) < 4.78 is 0. The van der Waals surface area contributed by atoms with Crippen LogP contribution < -0.4 is 11.1 Å². The molecule has 0 bridgehead atoms. The molecule has 4 heteroatoms. The standard InChI is InChI=1S/C10H11ClN2O/c11-8-3-1-2-6-5-13-9(10(12)14)4-7(6)8/h1-3,9,13H,4-5H2,(H2,12,14). The Kier molecular flexibility index (Phi) is 2.44. The minimum absolute atomic E-state index is 0.289. The van der Waals surface area contributed by atoms with Gasteiger partial charge in [-0.3, -0.25) is 4.79 Å². The van der Waals surface area contributed by atoms with Crippen molar-refractivity contribution in [3.8, 4) is 0 Å². The Morgan fingerprint density at radius 2 is 2.36 bits per heavy atom. The van der Waals surface area contributed by atoms with Crippen LogP contribution in [0.1, 0.15) is 11.1 Å². The zero-order valence-corrected chi connectivity index (χ0v) is 8.34. The molecular weight excluding hydrogens is 200 g/mol. The normalized spacial score (nSPS) is 20.2. The molecule has 0 saturated heterocycles. The fourth-order valence-electron chi connectivity index (χ4n) is 1.71. The predicted octanol–water partition coefficient (Wildman–Crippen LogP) is 0.840. The number of nitrogens with one attached hydrogen (secondary N) is 1. The zero-order valence-electron chi connectivity index (χ0n) is 7.59. The van der Waals surface area contributed by atoms with E-state index in [0.29, 0.717) is 13.0 Å². The molecule has 1 aromatic carbocycles. The molecule has 3 nitrogen and oxygen atoms in total. The Morgan fingerprint density at radius 1 is 1.57 bits per heavy atom. The number of rotatable bonds is 1. The Morgan fingerprint density at radius 3 is 3.07 bits per heavy atom. The van der Waals surface area contributed by atoms with Crippen molar-refractivity contribution in [1.29, 1.82) is 0 Å². The van der Waals surface area contributed by atoms with Crippen molar-refractivity contribution in [3.05, 3.63) is 34.3 Å². The lowest BCUT2D eigenvalue weighted by molar-refractivity contribution is -0.120. The average Bonchev–Trinajstić information content (AvgIpc) is 2.18. The number of halogens is 1. The van der Waals surface area contributed by atoms with E-state index >= 15 is 0 Å². The van der Waals surface area contributed by atoms with E-state index < -0.39 is 0 Å². The molecule has 0 spiro atoms. The topological polar surface area (TPSA) is 55.1 Å². The highest BCUT2D eigenvalue weighted by Gasteiger charge is 2.23. The van der Waals surface area contributed by atoms with Gasteiger partial charge in [-0.15, -0.1) is 0 Å². The van der Waals surface area contributed by atoms with Gasteiger partial charge in [0.1, 0.15) is 0 Å². The molecule has 14 heavy (non-hydrogen) atoms. The predicted molar refractivity (Wildman–Crippen MR) is 55.0 cm³/mol. The molecule has 0 aliphatic carbocycles. The van der Waals surface area contributed by atoms with Crippen LogP contribution in [-0.4, -0.2) is 11.9 Å². The molecule has 74 valence electrons. The molecule has 1 aliphatic heterocycles. The Hall–Kier alpha value is -1.06. The highest BCUT2D eigenvalue weighted by atomic mass is 35.5. The molecular formula is C10H11ClN2O. The van der Waals surface area contributed by atoms with Gasteiger partial charge in [0.05, 0.1) is 6.04 Å². The van der Waals surface area contributed by atoms with Crippen LogP contribution in [0, 0.1) is 0 Å². The van der Waals surface area contributed by atoms with Gasteiger partial charge in [-0.1, -0.05) is 23.7 Å². The lowest BCUT2D eigenvalue weighted by Crippen LogP contribution is -2.45. The maximum atomic E-state index is 11.0. The molecule has 1 unspecified atom stereocenters. The van der Waals surface area contributed by atoms with Gasteiger partial charge in [-0.25, -0.2) is 0 Å². The third-order valence-corrected chi connectivity index (χ3v) is 2.86. The molecule has 1 amide bonds. The average molecular weight is 211 g/mol. The molecule has 3 N–H and O–H groups in total. The highest BCUT2D eigenvalue weighted by molar-refractivity contribution is 6.31. The third-order valence-electron chi connectivity index (χ3n) is 2.51. The van der Waals surface area contributed by atoms with Crippen LogP contribution in [-0.2, 0) is 17.8 Å². The van der Waals surface area contributed by atoms with E-state index in [1.54, 1.807) is 0 Å². The van der Waals surface area contributed by atoms with Crippen molar-refractivity contribution in [3.63, 3.8) is 0 Å². The first-order valence-electron chi connectivity index (χ1n) is 4.47. The second-order valence-electron chi connectivity index (χ2n) is 3.42. The van der Waals surface area contributed by atoms with Gasteiger partial charge in [-0.2, -0.15) is 0 Å². The third kappa shape index (κ3) is 1.61. The fourth-order valence-corrected chi connectivity index (χ4v) is 1.98. The summed E-state index contributed by atoms with van der Waals surface area (Å²) in [6.07, 6.45) is 0.588. The summed E-state index contributed by atoms with van der Waals surface area (Å²) in [5, 5.41) is 3.79. The summed E-state index contributed by atoms with van der Waals surface area (Å²) >= 11 is 6.03. The first-order valence-corrected chi connectivity index (χ1v) is 4.85. The first-order chi connectivity index (χ1) is 6.68. The van der Waals surface area contributed by atoms with Gasteiger partial charge in [0, 0.05) is 11.6 Å². The van der Waals surface area contributed by atoms with Crippen LogP contribution in [0.15, 0.2) is 18.2 Å². The van der Waals surface area contributed by atoms with E-state index in [2.05, 4.69) is 5.32 Å². The maximum Gasteiger partial charge on any atom is 0.234 e. The largest absolute Gasteiger partial charge is 0.368 e. The van der Waals surface area contributed by atoms with Crippen LogP contribution >= 0.6 is 11.6 Å². The van der Waals surface area contributed by atoms with Gasteiger partial charge in [0.25, 0.3) is 0 Å². The SMILES string of the molecule is NC(=O)C1Cc2c(Cl)cccc2CN1. The smallest absolute Gasteiger partial charge is 0.234 e. The van der Waals surface area contributed by atoms with Gasteiger partial charge < -0.3 is 11.1 Å². The molecule has 1 heterocycles. The van der Waals surface area contributed by atoms with Crippen molar-refractivity contribution in [1.82, 2.24) is 5.32 Å². The maximum absolute atomic E-state index is 11.0. The number of amides is 1. The number of carbonyl (C=O) groups is 1. The van der Waals surface area contributed by atoms with Crippen LogP contribution in [0.2, 0.25) is 5.02 Å². The molecule has 2 rings (SSSR count). The minimum Gasteiger partial charge on any atom is -0.368 e. The Balaban J connectivity index is 2.33. The molecule has 0 radical (unpaired) electrons. The summed E-state index contributed by atoms with van der Waals surface area (Å²) in [6.45, 7) is 0.656. The first kappa shape index (κ1) is 9.49. The summed E-state index contributed by atoms with van der Waals surface area (Å²) in [4.78, 5) is 11.0. The van der Waals surface area contributed by atoms with E-state index in [4.69, 9.17) is 17.3 Å². The summed E-state index contributed by atoms with van der Waals surface area (Å²) in [6, 6.07) is 5.46. The van der Waals surface area contributed by atoms with Crippen molar-refractivity contribution < 1.29 is 4.79 Å². The van der Waals surface area contributed by atoms with Crippen molar-refractivity contribution in [2.45, 2.75) is 19.0 Å². The lowest BCUT2D eigenvalue weighted by atomic mass is 9.95. The number of fused-ring (bicyclic) bond motifs is 1. The monoisotopic (exact) mass is 210 g/mol. The fraction of sp³-hybridized carbons (Fsp3) is 0.300. The van der Waals surface area contributed by atoms with E-state index in [-0.39, 0.29) is 11.9 Å². The molecule has 0 saturated carbocycles. The number of carbonyl (C=O) groups excluding carboxylic acids is 1. The number of benzene rings is 1. The van der Waals surface area contributed by atoms with E-state index in [1.165, 1.54) is 0 Å². The van der Waals surface area contributed by atoms with Crippen LogP contribution in [0.4, 0.5) is 0 Å². The number of hydrogen-bond acceptors (Lipinski definition) is 2. The summed E-state index contributed by atoms with van der Waals surface area (Å²) in [7, 11) is 0. The molecule has 0 aromatic heterocycles. The van der Waals surface area contributed by atoms with E-state index in [9.17, 15) is 4.79 Å². The van der Waals surface area contributed by atoms with E-state index in [1.807, 2.05) is 18.2 Å². The van der Waals surface area contributed by atoms with Crippen LogP contribution in [0.3, 0.4) is 0 Å². The lowest BCUT2D eigenvalue weighted by Gasteiger charge is -2.24. The Bertz CT molecular complexity index is 378. The van der Waals surface area contributed by atoms with Crippen molar-refractivity contribution in [2.24, 2.45) is 5.73 Å². The second-order valence-corrected chi connectivity index (χ2v) is 3.82. The number of primary amides is 1. The minimum atomic E-state index is -0.324. The molecule has 1 atom stereocenters. The molecule has 0 fully saturated rings. The van der Waals surface area contributed by atoms with Gasteiger partial charge in [0.15, 0.2) is 0 Å². The van der Waals surface area contributed by atoms with Gasteiger partial charge >= 0.3 is 0 Å². The number of hydrogen-bond donors (Lipinski definition) is 2. The Labute approximate surface area is 87.2 Å². The zero-order chi connectivity index (χ0) is 10.1.